The summed E-state index contributed by atoms with van der Waals surface area (Å²) in [4.78, 5) is 0. The van der Waals surface area contributed by atoms with Crippen molar-refractivity contribution in [3.63, 3.8) is 0 Å². The van der Waals surface area contributed by atoms with Gasteiger partial charge in [-0.05, 0) is 43.3 Å². The van der Waals surface area contributed by atoms with Gasteiger partial charge in [-0.25, -0.2) is 0 Å². The Balaban J connectivity index is 1.75. The van der Waals surface area contributed by atoms with Crippen LogP contribution >= 0.6 is 0 Å². The SMILES string of the molecule is Cc1ccc(OCC(O)CNc2ccc(C#N)cc2)cc1. The minimum atomic E-state index is -0.609. The van der Waals surface area contributed by atoms with Crippen LogP contribution in [0.4, 0.5) is 5.69 Å². The van der Waals surface area contributed by atoms with E-state index in [9.17, 15) is 5.11 Å². The van der Waals surface area contributed by atoms with Gasteiger partial charge in [0.1, 0.15) is 18.5 Å². The molecule has 0 bridgehead atoms. The third kappa shape index (κ3) is 4.83. The predicted octanol–water partition coefficient (Wildman–Crippen LogP) is 2.72. The number of rotatable bonds is 6. The van der Waals surface area contributed by atoms with Crippen LogP contribution in [0.25, 0.3) is 0 Å². The molecule has 0 aromatic heterocycles. The molecule has 4 nitrogen and oxygen atoms in total. The summed E-state index contributed by atoms with van der Waals surface area (Å²) < 4.78 is 5.51. The van der Waals surface area contributed by atoms with Gasteiger partial charge < -0.3 is 15.2 Å². The van der Waals surface area contributed by atoms with Gasteiger partial charge in [0.2, 0.25) is 0 Å². The summed E-state index contributed by atoms with van der Waals surface area (Å²) in [6, 6.07) is 16.9. The lowest BCUT2D eigenvalue weighted by molar-refractivity contribution is 0.117. The molecule has 0 fully saturated rings. The average Bonchev–Trinajstić information content (AvgIpc) is 2.53. The normalized spacial score (nSPS) is 11.5. The Morgan fingerprint density at radius 1 is 1.14 bits per heavy atom. The highest BCUT2D eigenvalue weighted by Crippen LogP contribution is 2.12. The van der Waals surface area contributed by atoms with E-state index >= 15 is 0 Å². The monoisotopic (exact) mass is 282 g/mol. The maximum Gasteiger partial charge on any atom is 0.119 e. The molecule has 2 aromatic rings. The maximum atomic E-state index is 9.89. The van der Waals surface area contributed by atoms with Crippen molar-refractivity contribution in [1.82, 2.24) is 0 Å². The molecule has 0 amide bonds. The molecule has 4 heteroatoms. The summed E-state index contributed by atoms with van der Waals surface area (Å²) in [5, 5.41) is 21.7. The van der Waals surface area contributed by atoms with Crippen molar-refractivity contribution < 1.29 is 9.84 Å². The number of nitrogens with zero attached hydrogens (tertiary/aromatic N) is 1. The highest BCUT2D eigenvalue weighted by Gasteiger charge is 2.05. The van der Waals surface area contributed by atoms with Gasteiger partial charge in [-0.1, -0.05) is 17.7 Å². The molecule has 108 valence electrons. The van der Waals surface area contributed by atoms with Crippen molar-refractivity contribution in [1.29, 1.82) is 5.26 Å². The third-order valence-electron chi connectivity index (χ3n) is 3.02. The number of ether oxygens (including phenoxy) is 1. The van der Waals surface area contributed by atoms with E-state index in [2.05, 4.69) is 11.4 Å². The highest BCUT2D eigenvalue weighted by atomic mass is 16.5. The summed E-state index contributed by atoms with van der Waals surface area (Å²) in [6.07, 6.45) is -0.609. The standard InChI is InChI=1S/C17H18N2O2/c1-13-2-8-17(9-3-13)21-12-16(20)11-19-15-6-4-14(10-18)5-7-15/h2-9,16,19-20H,11-12H2,1H3. The van der Waals surface area contributed by atoms with E-state index in [-0.39, 0.29) is 6.61 Å². The first-order valence-corrected chi connectivity index (χ1v) is 6.79. The minimum Gasteiger partial charge on any atom is -0.491 e. The maximum absolute atomic E-state index is 9.89. The second kappa shape index (κ2) is 7.32. The summed E-state index contributed by atoms with van der Waals surface area (Å²) in [6.45, 7) is 2.63. The highest BCUT2D eigenvalue weighted by molar-refractivity contribution is 5.47. The smallest absolute Gasteiger partial charge is 0.119 e. The molecule has 0 saturated heterocycles. The van der Waals surface area contributed by atoms with Gasteiger partial charge in [-0.2, -0.15) is 5.26 Å². The molecule has 2 N–H and O–H groups in total. The number of nitrogens with one attached hydrogen (secondary N) is 1. The number of hydrogen-bond acceptors (Lipinski definition) is 4. The van der Waals surface area contributed by atoms with Crippen molar-refractivity contribution >= 4 is 5.69 Å². The van der Waals surface area contributed by atoms with E-state index in [0.717, 1.165) is 11.4 Å². The number of aliphatic hydroxyl groups excluding tert-OH is 1. The average molecular weight is 282 g/mol. The lowest BCUT2D eigenvalue weighted by Crippen LogP contribution is -2.26. The number of hydrogen-bond donors (Lipinski definition) is 2. The zero-order valence-electron chi connectivity index (χ0n) is 11.9. The molecule has 0 radical (unpaired) electrons. The molecule has 0 heterocycles. The number of aliphatic hydroxyl groups is 1. The van der Waals surface area contributed by atoms with Gasteiger partial charge in [0.25, 0.3) is 0 Å². The zero-order chi connectivity index (χ0) is 15.1. The molecular formula is C17H18N2O2. The zero-order valence-corrected chi connectivity index (χ0v) is 11.9. The Labute approximate surface area is 124 Å². The van der Waals surface area contributed by atoms with E-state index in [1.165, 1.54) is 5.56 Å². The number of anilines is 1. The van der Waals surface area contributed by atoms with Crippen molar-refractivity contribution in [2.24, 2.45) is 0 Å². The molecule has 0 aliphatic heterocycles. The summed E-state index contributed by atoms with van der Waals surface area (Å²) >= 11 is 0. The Bertz CT molecular complexity index is 600. The lowest BCUT2D eigenvalue weighted by atomic mass is 10.2. The van der Waals surface area contributed by atoms with Crippen LogP contribution in [0.1, 0.15) is 11.1 Å². The lowest BCUT2D eigenvalue weighted by Gasteiger charge is -2.14. The third-order valence-corrected chi connectivity index (χ3v) is 3.02. The Kier molecular flexibility index (Phi) is 5.19. The largest absolute Gasteiger partial charge is 0.491 e. The van der Waals surface area contributed by atoms with Gasteiger partial charge in [0, 0.05) is 12.2 Å². The van der Waals surface area contributed by atoms with Gasteiger partial charge in [-0.3, -0.25) is 0 Å². The van der Waals surface area contributed by atoms with E-state index in [4.69, 9.17) is 10.00 Å². The van der Waals surface area contributed by atoms with E-state index in [1.54, 1.807) is 12.1 Å². The summed E-state index contributed by atoms with van der Waals surface area (Å²) in [5.41, 5.74) is 2.65. The fourth-order valence-electron chi connectivity index (χ4n) is 1.78. The van der Waals surface area contributed by atoms with Crippen molar-refractivity contribution in [2.75, 3.05) is 18.5 Å². The summed E-state index contributed by atoms with van der Waals surface area (Å²) in [5.74, 6) is 0.748. The fraction of sp³-hybridized carbons (Fsp3) is 0.235. The number of nitriles is 1. The van der Waals surface area contributed by atoms with Crippen LogP contribution in [0.3, 0.4) is 0 Å². The molecule has 0 aliphatic rings. The number of benzene rings is 2. The number of aryl methyl sites for hydroxylation is 1. The Morgan fingerprint density at radius 2 is 1.81 bits per heavy atom. The molecule has 0 saturated carbocycles. The first-order valence-electron chi connectivity index (χ1n) is 6.79. The molecule has 2 aromatic carbocycles. The van der Waals surface area contributed by atoms with Crippen LogP contribution in [-0.4, -0.2) is 24.4 Å². The molecule has 1 unspecified atom stereocenters. The van der Waals surface area contributed by atoms with E-state index in [1.807, 2.05) is 43.3 Å². The Hall–Kier alpha value is -2.51. The van der Waals surface area contributed by atoms with Gasteiger partial charge in [0.05, 0.1) is 11.6 Å². The van der Waals surface area contributed by atoms with Crippen LogP contribution in [0, 0.1) is 18.3 Å². The Morgan fingerprint density at radius 3 is 2.43 bits per heavy atom. The van der Waals surface area contributed by atoms with Crippen molar-refractivity contribution in [3.8, 4) is 11.8 Å². The first-order chi connectivity index (χ1) is 10.2. The van der Waals surface area contributed by atoms with Crippen LogP contribution in [0.15, 0.2) is 48.5 Å². The van der Waals surface area contributed by atoms with Gasteiger partial charge in [-0.15, -0.1) is 0 Å². The molecule has 1 atom stereocenters. The molecule has 0 spiro atoms. The first kappa shape index (κ1) is 14.9. The van der Waals surface area contributed by atoms with E-state index < -0.39 is 6.10 Å². The second-order valence-electron chi connectivity index (χ2n) is 4.85. The van der Waals surface area contributed by atoms with Crippen LogP contribution in [0.2, 0.25) is 0 Å². The van der Waals surface area contributed by atoms with Crippen molar-refractivity contribution in [3.05, 3.63) is 59.7 Å². The minimum absolute atomic E-state index is 0.229. The predicted molar refractivity (Wildman–Crippen MR) is 82.3 cm³/mol. The second-order valence-corrected chi connectivity index (χ2v) is 4.85. The van der Waals surface area contributed by atoms with Crippen LogP contribution in [-0.2, 0) is 0 Å². The fourth-order valence-corrected chi connectivity index (χ4v) is 1.78. The van der Waals surface area contributed by atoms with E-state index in [0.29, 0.717) is 12.1 Å². The van der Waals surface area contributed by atoms with Crippen LogP contribution < -0.4 is 10.1 Å². The summed E-state index contributed by atoms with van der Waals surface area (Å²) in [7, 11) is 0. The molecule has 2 rings (SSSR count). The molecular weight excluding hydrogens is 264 g/mol. The molecule has 21 heavy (non-hydrogen) atoms. The topological polar surface area (TPSA) is 65.3 Å². The van der Waals surface area contributed by atoms with Crippen molar-refractivity contribution in [2.45, 2.75) is 13.0 Å². The van der Waals surface area contributed by atoms with Gasteiger partial charge in [0.15, 0.2) is 0 Å². The quantitative estimate of drug-likeness (QED) is 0.855. The molecule has 0 aliphatic carbocycles. The van der Waals surface area contributed by atoms with Gasteiger partial charge >= 0.3 is 0 Å². The van der Waals surface area contributed by atoms with Crippen LogP contribution in [0.5, 0.6) is 5.75 Å².